The van der Waals surface area contributed by atoms with Gasteiger partial charge in [-0.1, -0.05) is 23.4 Å². The smallest absolute Gasteiger partial charge is 0.385 e. The number of ether oxygens (including phenoxy) is 1. The van der Waals surface area contributed by atoms with E-state index in [1.165, 1.54) is 0 Å². The molecule has 0 fully saturated rings. The number of nitrogens with one attached hydrogen (secondary N) is 1. The molecule has 2 aromatic heterocycles. The normalized spacial score (nSPS) is 13.2. The van der Waals surface area contributed by atoms with Gasteiger partial charge in [-0.15, -0.1) is 10.2 Å². The van der Waals surface area contributed by atoms with Crippen LogP contribution < -0.4 is 5.32 Å². The largest absolute Gasteiger partial charge is 0.417 e. The molecule has 0 saturated carbocycles. The van der Waals surface area contributed by atoms with Gasteiger partial charge in [0.2, 0.25) is 5.91 Å². The molecule has 25 heavy (non-hydrogen) atoms. The molecule has 6 nitrogen and oxygen atoms in total. The lowest BCUT2D eigenvalue weighted by Gasteiger charge is -2.12. The van der Waals surface area contributed by atoms with Gasteiger partial charge in [0.25, 0.3) is 0 Å². The van der Waals surface area contributed by atoms with Crippen LogP contribution in [0.15, 0.2) is 17.4 Å². The third-order valence-corrected chi connectivity index (χ3v) is 4.57. The van der Waals surface area contributed by atoms with Gasteiger partial charge < -0.3 is 10.1 Å². The number of carbonyl (C=O) groups excluding carboxylic acids is 1. The van der Waals surface area contributed by atoms with Crippen molar-refractivity contribution >= 4 is 34.9 Å². The van der Waals surface area contributed by atoms with E-state index in [1.807, 2.05) is 0 Å². The van der Waals surface area contributed by atoms with Crippen LogP contribution in [0, 0.1) is 0 Å². The summed E-state index contributed by atoms with van der Waals surface area (Å²) in [6.45, 7) is 2.60. The fraction of sp³-hybridized carbons (Fsp3) is 0.500. The zero-order valence-corrected chi connectivity index (χ0v) is 15.0. The number of hydrogen-bond donors (Lipinski definition) is 1. The van der Waals surface area contributed by atoms with Crippen molar-refractivity contribution < 1.29 is 22.7 Å². The molecule has 138 valence electrons. The molecule has 0 aromatic carbocycles. The predicted octanol–water partition coefficient (Wildman–Crippen LogP) is 3.03. The summed E-state index contributed by atoms with van der Waals surface area (Å²) in [6.07, 6.45) is -3.01. The Labute approximate surface area is 151 Å². The molecule has 1 unspecified atom stereocenters. The predicted molar refractivity (Wildman–Crippen MR) is 87.8 cm³/mol. The maximum absolute atomic E-state index is 12.9. The van der Waals surface area contributed by atoms with Crippen LogP contribution in [0.5, 0.6) is 0 Å². The lowest BCUT2D eigenvalue weighted by molar-refractivity contribution is -0.137. The van der Waals surface area contributed by atoms with Gasteiger partial charge in [-0.3, -0.25) is 9.20 Å². The first kappa shape index (κ1) is 19.8. The molecule has 11 heteroatoms. The summed E-state index contributed by atoms with van der Waals surface area (Å²) in [5.41, 5.74) is -0.812. The summed E-state index contributed by atoms with van der Waals surface area (Å²) < 4.78 is 44.8. The second-order valence-electron chi connectivity index (χ2n) is 5.15. The van der Waals surface area contributed by atoms with Crippen molar-refractivity contribution in [1.29, 1.82) is 0 Å². The molecule has 2 aromatic rings. The van der Waals surface area contributed by atoms with Crippen LogP contribution in [0.1, 0.15) is 18.9 Å². The highest BCUT2D eigenvalue weighted by Gasteiger charge is 2.32. The van der Waals surface area contributed by atoms with Gasteiger partial charge in [0.1, 0.15) is 0 Å². The number of hydrogen-bond acceptors (Lipinski definition) is 5. The van der Waals surface area contributed by atoms with Gasteiger partial charge in [-0.25, -0.2) is 0 Å². The minimum Gasteiger partial charge on any atom is -0.385 e. The van der Waals surface area contributed by atoms with Crippen LogP contribution in [-0.2, 0) is 15.7 Å². The average Bonchev–Trinajstić information content (AvgIpc) is 2.94. The Balaban J connectivity index is 2.15. The van der Waals surface area contributed by atoms with E-state index in [0.717, 1.165) is 28.4 Å². The summed E-state index contributed by atoms with van der Waals surface area (Å²) in [4.78, 5) is 12.0. The third-order valence-electron chi connectivity index (χ3n) is 3.23. The molecule has 2 heterocycles. The van der Waals surface area contributed by atoms with Crippen molar-refractivity contribution in [2.24, 2.45) is 0 Å². The topological polar surface area (TPSA) is 68.5 Å². The number of thioether (sulfide) groups is 1. The SMILES string of the molecule is COCCCNC(=O)C(C)Sc1nnc2c(Cl)cc(C(F)(F)F)cn12. The van der Waals surface area contributed by atoms with E-state index >= 15 is 0 Å². The monoisotopic (exact) mass is 396 g/mol. The molecular formula is C14H16ClF3N4O2S. The number of aromatic nitrogens is 3. The highest BCUT2D eigenvalue weighted by molar-refractivity contribution is 8.00. The van der Waals surface area contributed by atoms with Crippen molar-refractivity contribution in [1.82, 2.24) is 19.9 Å². The highest BCUT2D eigenvalue weighted by Crippen LogP contribution is 2.33. The van der Waals surface area contributed by atoms with E-state index in [0.29, 0.717) is 19.6 Å². The second kappa shape index (κ2) is 8.24. The number of rotatable bonds is 7. The molecule has 0 bridgehead atoms. The van der Waals surface area contributed by atoms with E-state index in [9.17, 15) is 18.0 Å². The Hall–Kier alpha value is -1.52. The van der Waals surface area contributed by atoms with Crippen molar-refractivity contribution in [3.05, 3.63) is 22.8 Å². The molecule has 1 atom stereocenters. The quantitative estimate of drug-likeness (QED) is 0.575. The van der Waals surface area contributed by atoms with Gasteiger partial charge >= 0.3 is 6.18 Å². The lowest BCUT2D eigenvalue weighted by atomic mass is 10.3. The first-order chi connectivity index (χ1) is 11.7. The van der Waals surface area contributed by atoms with Crippen molar-refractivity contribution in [2.75, 3.05) is 20.3 Å². The van der Waals surface area contributed by atoms with Crippen molar-refractivity contribution in [3.63, 3.8) is 0 Å². The van der Waals surface area contributed by atoms with Crippen LogP contribution >= 0.6 is 23.4 Å². The maximum atomic E-state index is 12.9. The van der Waals surface area contributed by atoms with Crippen molar-refractivity contribution in [3.8, 4) is 0 Å². The van der Waals surface area contributed by atoms with Crippen LogP contribution in [0.3, 0.4) is 0 Å². The average molecular weight is 397 g/mol. The minimum atomic E-state index is -4.55. The first-order valence-corrected chi connectivity index (χ1v) is 8.54. The first-order valence-electron chi connectivity index (χ1n) is 7.29. The molecule has 0 aliphatic rings. The molecule has 0 radical (unpaired) electrons. The van der Waals surface area contributed by atoms with E-state index in [-0.39, 0.29) is 21.7 Å². The molecular weight excluding hydrogens is 381 g/mol. The number of halogens is 4. The molecule has 0 aliphatic carbocycles. The summed E-state index contributed by atoms with van der Waals surface area (Å²) in [5.74, 6) is -0.254. The Morgan fingerprint density at radius 1 is 1.48 bits per heavy atom. The molecule has 0 saturated heterocycles. The number of methoxy groups -OCH3 is 1. The molecule has 0 aliphatic heterocycles. The highest BCUT2D eigenvalue weighted by atomic mass is 35.5. The summed E-state index contributed by atoms with van der Waals surface area (Å²) in [5, 5.41) is 9.77. The number of alkyl halides is 3. The standard InChI is InChI=1S/C14H16ClF3N4O2S/c1-8(12(23)19-4-3-5-24-2)25-13-21-20-11-10(15)6-9(7-22(11)13)14(16,17)18/h6-8H,3-5H2,1-2H3,(H,19,23). The number of carbonyl (C=O) groups is 1. The fourth-order valence-corrected chi connectivity index (χ4v) is 3.05. The van der Waals surface area contributed by atoms with Gasteiger partial charge in [-0.05, 0) is 19.4 Å². The van der Waals surface area contributed by atoms with E-state index in [1.54, 1.807) is 14.0 Å². The minimum absolute atomic E-state index is 0.102. The van der Waals surface area contributed by atoms with E-state index < -0.39 is 17.0 Å². The fourth-order valence-electron chi connectivity index (χ4n) is 1.95. The number of pyridine rings is 1. The Bertz CT molecular complexity index is 753. The van der Waals surface area contributed by atoms with Crippen LogP contribution in [0.4, 0.5) is 13.2 Å². The van der Waals surface area contributed by atoms with Crippen LogP contribution in [0.2, 0.25) is 5.02 Å². The lowest BCUT2D eigenvalue weighted by Crippen LogP contribution is -2.32. The Kier molecular flexibility index (Phi) is 6.53. The van der Waals surface area contributed by atoms with Gasteiger partial charge in [0.05, 0.1) is 15.8 Å². The molecule has 1 N–H and O–H groups in total. The summed E-state index contributed by atoms with van der Waals surface area (Å²) in [6, 6.07) is 0.798. The number of amides is 1. The maximum Gasteiger partial charge on any atom is 0.417 e. The second-order valence-corrected chi connectivity index (χ2v) is 6.86. The molecule has 1 amide bonds. The summed E-state index contributed by atoms with van der Waals surface area (Å²) in [7, 11) is 1.57. The number of nitrogens with zero attached hydrogens (tertiary/aromatic N) is 3. The van der Waals surface area contributed by atoms with Crippen LogP contribution in [-0.4, -0.2) is 46.0 Å². The van der Waals surface area contributed by atoms with Gasteiger partial charge in [-0.2, -0.15) is 13.2 Å². The number of fused-ring (bicyclic) bond motifs is 1. The van der Waals surface area contributed by atoms with E-state index in [2.05, 4.69) is 15.5 Å². The van der Waals surface area contributed by atoms with Gasteiger partial charge in [0.15, 0.2) is 10.8 Å². The van der Waals surface area contributed by atoms with E-state index in [4.69, 9.17) is 16.3 Å². The molecule has 0 spiro atoms. The van der Waals surface area contributed by atoms with Crippen molar-refractivity contribution in [2.45, 2.75) is 29.9 Å². The molecule has 2 rings (SSSR count). The Morgan fingerprint density at radius 3 is 2.84 bits per heavy atom. The summed E-state index contributed by atoms with van der Waals surface area (Å²) >= 11 is 6.85. The van der Waals surface area contributed by atoms with Crippen LogP contribution in [0.25, 0.3) is 5.65 Å². The third kappa shape index (κ3) is 4.99. The zero-order chi connectivity index (χ0) is 18.6. The zero-order valence-electron chi connectivity index (χ0n) is 13.4. The van der Waals surface area contributed by atoms with Gasteiger partial charge in [0, 0.05) is 26.5 Å². The Morgan fingerprint density at radius 2 is 2.20 bits per heavy atom.